The van der Waals surface area contributed by atoms with Crippen LogP contribution in [0.15, 0.2) is 10.5 Å². The summed E-state index contributed by atoms with van der Waals surface area (Å²) in [4.78, 5) is 0. The summed E-state index contributed by atoms with van der Waals surface area (Å²) in [5, 5.41) is 3.59. The fraction of sp³-hybridized carbons (Fsp3) is 0.333. The number of nitrogens with one attached hydrogen (secondary N) is 1. The van der Waals surface area contributed by atoms with Gasteiger partial charge in [0.25, 0.3) is 0 Å². The molecule has 0 amide bonds. The number of anilines is 2. The summed E-state index contributed by atoms with van der Waals surface area (Å²) in [5.74, 6) is 0. The third kappa shape index (κ3) is 1.92. The van der Waals surface area contributed by atoms with E-state index in [0.717, 1.165) is 22.1 Å². The number of hydrogen-bond donors (Lipinski definition) is 2. The first-order valence-corrected chi connectivity index (χ1v) is 5.23. The minimum atomic E-state index is 0.587. The number of halogens is 2. The predicted molar refractivity (Wildman–Crippen MR) is 62.5 cm³/mol. The van der Waals surface area contributed by atoms with Crippen molar-refractivity contribution in [3.63, 3.8) is 0 Å². The van der Waals surface area contributed by atoms with Gasteiger partial charge in [0.15, 0.2) is 0 Å². The normalized spacial score (nSPS) is 10.2. The highest BCUT2D eigenvalue weighted by Crippen LogP contribution is 2.37. The third-order valence-electron chi connectivity index (χ3n) is 1.97. The first kappa shape index (κ1) is 10.7. The van der Waals surface area contributed by atoms with Crippen LogP contribution in [0.25, 0.3) is 0 Å². The molecule has 0 atom stereocenters. The van der Waals surface area contributed by atoms with Gasteiger partial charge in [-0.2, -0.15) is 0 Å². The van der Waals surface area contributed by atoms with Gasteiger partial charge in [-0.3, -0.25) is 0 Å². The van der Waals surface area contributed by atoms with E-state index in [0.29, 0.717) is 10.7 Å². The molecule has 1 rings (SSSR count). The summed E-state index contributed by atoms with van der Waals surface area (Å²) in [6.07, 6.45) is 0.926. The Morgan fingerprint density at radius 1 is 1.62 bits per heavy atom. The van der Waals surface area contributed by atoms with E-state index in [9.17, 15) is 0 Å². The standard InChI is InChI=1S/C9H12BrClN2/c1-3-5-4-6(13-2)9(12)8(11)7(5)10/h4,13H,3,12H2,1-2H3. The number of rotatable bonds is 2. The molecule has 13 heavy (non-hydrogen) atoms. The fourth-order valence-electron chi connectivity index (χ4n) is 1.16. The highest BCUT2D eigenvalue weighted by atomic mass is 79.9. The molecule has 4 heteroatoms. The Morgan fingerprint density at radius 3 is 2.69 bits per heavy atom. The molecule has 0 spiro atoms. The number of nitrogens with two attached hydrogens (primary N) is 1. The van der Waals surface area contributed by atoms with Gasteiger partial charge in [0.1, 0.15) is 0 Å². The average molecular weight is 264 g/mol. The summed E-state index contributed by atoms with van der Waals surface area (Å²) < 4.78 is 0.896. The number of hydrogen-bond acceptors (Lipinski definition) is 2. The van der Waals surface area contributed by atoms with Crippen LogP contribution in [0, 0.1) is 0 Å². The van der Waals surface area contributed by atoms with E-state index in [-0.39, 0.29) is 0 Å². The van der Waals surface area contributed by atoms with Gasteiger partial charge in [0, 0.05) is 11.5 Å². The summed E-state index contributed by atoms with van der Waals surface area (Å²) >= 11 is 9.45. The Labute approximate surface area is 91.6 Å². The molecule has 0 aliphatic rings. The molecule has 1 aromatic carbocycles. The Hall–Kier alpha value is -0.410. The van der Waals surface area contributed by atoms with Gasteiger partial charge in [0.2, 0.25) is 0 Å². The zero-order valence-electron chi connectivity index (χ0n) is 7.62. The molecule has 1 aromatic rings. The van der Waals surface area contributed by atoms with Crippen molar-refractivity contribution < 1.29 is 0 Å². The van der Waals surface area contributed by atoms with Crippen molar-refractivity contribution in [3.05, 3.63) is 21.1 Å². The largest absolute Gasteiger partial charge is 0.396 e. The van der Waals surface area contributed by atoms with E-state index < -0.39 is 0 Å². The maximum atomic E-state index is 6.03. The molecule has 3 N–H and O–H groups in total. The Morgan fingerprint density at radius 2 is 2.23 bits per heavy atom. The van der Waals surface area contributed by atoms with Crippen LogP contribution < -0.4 is 11.1 Å². The van der Waals surface area contributed by atoms with E-state index in [2.05, 4.69) is 28.2 Å². The summed E-state index contributed by atoms with van der Waals surface area (Å²) in [6.45, 7) is 2.08. The Kier molecular flexibility index (Phi) is 3.45. The number of benzene rings is 1. The molecular weight excluding hydrogens is 251 g/mol. The minimum absolute atomic E-state index is 0.587. The van der Waals surface area contributed by atoms with Crippen molar-refractivity contribution in [1.29, 1.82) is 0 Å². The monoisotopic (exact) mass is 262 g/mol. The van der Waals surface area contributed by atoms with Crippen LogP contribution in [-0.2, 0) is 6.42 Å². The van der Waals surface area contributed by atoms with Crippen LogP contribution in [0.2, 0.25) is 5.02 Å². The Balaban J connectivity index is 3.36. The van der Waals surface area contributed by atoms with Crippen LogP contribution in [0.5, 0.6) is 0 Å². The lowest BCUT2D eigenvalue weighted by molar-refractivity contribution is 1.13. The summed E-state index contributed by atoms with van der Waals surface area (Å²) in [6, 6.07) is 2.01. The smallest absolute Gasteiger partial charge is 0.0801 e. The molecule has 0 saturated carbocycles. The predicted octanol–water partition coefficient (Wildman–Crippen LogP) is 3.29. The van der Waals surface area contributed by atoms with Crippen molar-refractivity contribution in [3.8, 4) is 0 Å². The van der Waals surface area contributed by atoms with E-state index in [4.69, 9.17) is 17.3 Å². The molecule has 0 aliphatic carbocycles. The third-order valence-corrected chi connectivity index (χ3v) is 3.50. The first-order valence-electron chi connectivity index (χ1n) is 4.05. The van der Waals surface area contributed by atoms with Crippen LogP contribution in [-0.4, -0.2) is 7.05 Å². The molecular formula is C9H12BrClN2. The molecule has 0 saturated heterocycles. The summed E-state index contributed by atoms with van der Waals surface area (Å²) in [5.41, 5.74) is 8.42. The van der Waals surface area contributed by atoms with Crippen molar-refractivity contribution in [2.75, 3.05) is 18.1 Å². The van der Waals surface area contributed by atoms with E-state index >= 15 is 0 Å². The molecule has 0 heterocycles. The maximum Gasteiger partial charge on any atom is 0.0801 e. The van der Waals surface area contributed by atoms with Crippen LogP contribution in [0.3, 0.4) is 0 Å². The van der Waals surface area contributed by atoms with Gasteiger partial charge in [-0.15, -0.1) is 0 Å². The highest BCUT2D eigenvalue weighted by molar-refractivity contribution is 9.10. The van der Waals surface area contributed by atoms with Gasteiger partial charge in [-0.25, -0.2) is 0 Å². The lowest BCUT2D eigenvalue weighted by atomic mass is 10.1. The van der Waals surface area contributed by atoms with Crippen LogP contribution >= 0.6 is 27.5 Å². The number of nitrogen functional groups attached to an aromatic ring is 1. The van der Waals surface area contributed by atoms with Gasteiger partial charge in [0.05, 0.1) is 16.4 Å². The molecule has 2 nitrogen and oxygen atoms in total. The lowest BCUT2D eigenvalue weighted by Gasteiger charge is -2.11. The Bertz CT molecular complexity index is 298. The van der Waals surface area contributed by atoms with Gasteiger partial charge in [-0.05, 0) is 34.0 Å². The molecule has 0 bridgehead atoms. The second-order valence-electron chi connectivity index (χ2n) is 2.73. The fourth-order valence-corrected chi connectivity index (χ4v) is 1.99. The van der Waals surface area contributed by atoms with Crippen molar-refractivity contribution in [2.24, 2.45) is 0 Å². The second-order valence-corrected chi connectivity index (χ2v) is 3.90. The minimum Gasteiger partial charge on any atom is -0.396 e. The van der Waals surface area contributed by atoms with E-state index in [1.165, 1.54) is 0 Å². The van der Waals surface area contributed by atoms with Crippen molar-refractivity contribution in [1.82, 2.24) is 0 Å². The van der Waals surface area contributed by atoms with Gasteiger partial charge < -0.3 is 11.1 Å². The molecule has 72 valence electrons. The quantitative estimate of drug-likeness (QED) is 0.804. The summed E-state index contributed by atoms with van der Waals surface area (Å²) in [7, 11) is 1.83. The van der Waals surface area contributed by atoms with Crippen molar-refractivity contribution in [2.45, 2.75) is 13.3 Å². The zero-order valence-corrected chi connectivity index (χ0v) is 9.96. The topological polar surface area (TPSA) is 38.0 Å². The molecule has 0 aliphatic heterocycles. The van der Waals surface area contributed by atoms with E-state index in [1.54, 1.807) is 0 Å². The highest BCUT2D eigenvalue weighted by Gasteiger charge is 2.10. The van der Waals surface area contributed by atoms with E-state index in [1.807, 2.05) is 13.1 Å². The molecule has 0 radical (unpaired) electrons. The van der Waals surface area contributed by atoms with Crippen molar-refractivity contribution >= 4 is 38.9 Å². The first-order chi connectivity index (χ1) is 6.11. The number of aryl methyl sites for hydroxylation is 1. The molecule has 0 fully saturated rings. The SMILES string of the molecule is CCc1cc(NC)c(N)c(Cl)c1Br. The average Bonchev–Trinajstić information content (AvgIpc) is 2.15. The molecule has 0 unspecified atom stereocenters. The van der Waals surface area contributed by atoms with Crippen LogP contribution in [0.1, 0.15) is 12.5 Å². The molecule has 0 aromatic heterocycles. The van der Waals surface area contributed by atoms with Crippen LogP contribution in [0.4, 0.5) is 11.4 Å². The van der Waals surface area contributed by atoms with Gasteiger partial charge in [-0.1, -0.05) is 18.5 Å². The second kappa shape index (κ2) is 4.20. The zero-order chi connectivity index (χ0) is 10.0. The maximum absolute atomic E-state index is 6.03. The lowest BCUT2D eigenvalue weighted by Crippen LogP contribution is -1.99. The van der Waals surface area contributed by atoms with Gasteiger partial charge >= 0.3 is 0 Å².